The van der Waals surface area contributed by atoms with Crippen LogP contribution in [0.1, 0.15) is 25.0 Å². The topological polar surface area (TPSA) is 21.6 Å². The van der Waals surface area contributed by atoms with Crippen molar-refractivity contribution in [2.75, 3.05) is 0 Å². The minimum absolute atomic E-state index is 0. The molecule has 0 bridgehead atoms. The van der Waals surface area contributed by atoms with Gasteiger partial charge in [-0.05, 0) is 6.92 Å². The van der Waals surface area contributed by atoms with Gasteiger partial charge in [-0.3, -0.25) is 0 Å². The Morgan fingerprint density at radius 2 is 1.88 bits per heavy atom. The van der Waals surface area contributed by atoms with Gasteiger partial charge in [0.25, 0.3) is 0 Å². The maximum absolute atomic E-state index is 5.20. The number of oxime groups is 1. The zero-order valence-corrected chi connectivity index (χ0v) is 10.8. The van der Waals surface area contributed by atoms with E-state index in [2.05, 4.69) is 17.3 Å². The largest absolute Gasteiger partial charge is 2.00 e. The van der Waals surface area contributed by atoms with E-state index in [4.69, 9.17) is 4.84 Å². The van der Waals surface area contributed by atoms with Crippen LogP contribution >= 0.6 is 0 Å². The van der Waals surface area contributed by atoms with Crippen molar-refractivity contribution in [2.45, 2.75) is 19.4 Å². The Kier molecular flexibility index (Phi) is 5.74. The minimum atomic E-state index is 0. The molecule has 1 aliphatic heterocycles. The summed E-state index contributed by atoms with van der Waals surface area (Å²) in [6.07, 6.45) is 1.11. The molecule has 2 aromatic carbocycles. The normalized spacial score (nSPS) is 17.2. The molecule has 0 saturated carbocycles. The van der Waals surface area contributed by atoms with Gasteiger partial charge in [-0.15, -0.1) is 5.56 Å². The first-order valence-corrected chi connectivity index (χ1v) is 5.44. The molecule has 0 fully saturated rings. The van der Waals surface area contributed by atoms with E-state index in [1.54, 1.807) is 0 Å². The van der Waals surface area contributed by atoms with E-state index in [-0.39, 0.29) is 23.2 Å². The van der Waals surface area contributed by atoms with Crippen molar-refractivity contribution in [3.8, 4) is 0 Å². The molecule has 1 atom stereocenters. The van der Waals surface area contributed by atoms with E-state index >= 15 is 0 Å². The summed E-state index contributed by atoms with van der Waals surface area (Å²) in [5.41, 5.74) is 2.31. The Balaban J connectivity index is 0.000000205. The molecule has 0 saturated heterocycles. The molecule has 0 aliphatic carbocycles. The first-order valence-electron chi connectivity index (χ1n) is 5.44. The molecule has 0 radical (unpaired) electrons. The second-order valence-electron chi connectivity index (χ2n) is 3.81. The first kappa shape index (κ1) is 13.8. The Bertz CT molecular complexity index is 400. The Morgan fingerprint density at radius 3 is 2.29 bits per heavy atom. The summed E-state index contributed by atoms with van der Waals surface area (Å²) in [6.45, 7) is 1.99. The van der Waals surface area contributed by atoms with Crippen LogP contribution in [0.5, 0.6) is 0 Å². The fraction of sp³-hybridized carbons (Fsp3) is 0.214. The van der Waals surface area contributed by atoms with Gasteiger partial charge in [0.15, 0.2) is 0 Å². The molecule has 0 spiro atoms. The van der Waals surface area contributed by atoms with Crippen molar-refractivity contribution in [1.29, 1.82) is 0 Å². The maximum atomic E-state index is 5.20. The van der Waals surface area contributed by atoms with E-state index in [1.807, 2.05) is 49.4 Å². The summed E-state index contributed by atoms with van der Waals surface area (Å²) < 4.78 is 0. The third-order valence-electron chi connectivity index (χ3n) is 2.43. The SMILES string of the molecule is CC1=NOC([c-]2cccc2)C1.[Fe+2].c1cc[cH-]c1. The summed E-state index contributed by atoms with van der Waals surface area (Å²) in [4.78, 5) is 5.20. The summed E-state index contributed by atoms with van der Waals surface area (Å²) in [6, 6.07) is 18.2. The van der Waals surface area contributed by atoms with Crippen LogP contribution in [-0.2, 0) is 21.9 Å². The second-order valence-corrected chi connectivity index (χ2v) is 3.81. The van der Waals surface area contributed by atoms with Crippen LogP contribution in [0.25, 0.3) is 0 Å². The molecular weight excluding hydrogens is 254 g/mol. The molecule has 3 heteroatoms. The van der Waals surface area contributed by atoms with Gasteiger partial charge in [-0.2, -0.15) is 30.3 Å². The molecule has 90 valence electrons. The van der Waals surface area contributed by atoms with E-state index in [9.17, 15) is 0 Å². The molecule has 17 heavy (non-hydrogen) atoms. The third-order valence-corrected chi connectivity index (χ3v) is 2.43. The molecule has 0 N–H and O–H groups in total. The average molecular weight is 269 g/mol. The molecule has 1 heterocycles. The zero-order valence-electron chi connectivity index (χ0n) is 9.69. The number of rotatable bonds is 1. The van der Waals surface area contributed by atoms with Crippen molar-refractivity contribution in [2.24, 2.45) is 5.16 Å². The summed E-state index contributed by atoms with van der Waals surface area (Å²) >= 11 is 0. The quantitative estimate of drug-likeness (QED) is 0.572. The minimum Gasteiger partial charge on any atom is -0.400 e. The monoisotopic (exact) mass is 269 g/mol. The average Bonchev–Trinajstić information content (AvgIpc) is 3.03. The van der Waals surface area contributed by atoms with Crippen molar-refractivity contribution in [1.82, 2.24) is 0 Å². The number of hydrogen-bond donors (Lipinski definition) is 0. The molecule has 2 nitrogen and oxygen atoms in total. The smallest absolute Gasteiger partial charge is 0.400 e. The molecule has 3 rings (SSSR count). The molecule has 0 aromatic heterocycles. The Hall–Kier alpha value is -1.31. The van der Waals surface area contributed by atoms with Crippen molar-refractivity contribution in [3.63, 3.8) is 0 Å². The molecular formula is C14H15FeNO. The molecule has 1 unspecified atom stereocenters. The zero-order chi connectivity index (χ0) is 11.2. The predicted octanol–water partition coefficient (Wildman–Crippen LogP) is 3.65. The molecule has 0 amide bonds. The van der Waals surface area contributed by atoms with Crippen LogP contribution in [0.3, 0.4) is 0 Å². The summed E-state index contributed by atoms with van der Waals surface area (Å²) in [5.74, 6) is 0. The van der Waals surface area contributed by atoms with Crippen LogP contribution in [-0.4, -0.2) is 5.71 Å². The van der Waals surface area contributed by atoms with E-state index < -0.39 is 0 Å². The third kappa shape index (κ3) is 4.21. The van der Waals surface area contributed by atoms with Crippen LogP contribution in [0, 0.1) is 0 Å². The van der Waals surface area contributed by atoms with Crippen LogP contribution in [0.4, 0.5) is 0 Å². The van der Waals surface area contributed by atoms with E-state index in [0.717, 1.165) is 12.1 Å². The van der Waals surface area contributed by atoms with Gasteiger partial charge in [0, 0.05) is 6.42 Å². The molecule has 2 aromatic rings. The van der Waals surface area contributed by atoms with Crippen molar-refractivity contribution >= 4 is 5.71 Å². The van der Waals surface area contributed by atoms with Crippen LogP contribution in [0.2, 0.25) is 0 Å². The second kappa shape index (κ2) is 7.10. The van der Waals surface area contributed by atoms with Crippen LogP contribution in [0.15, 0.2) is 59.8 Å². The van der Waals surface area contributed by atoms with Crippen molar-refractivity contribution in [3.05, 3.63) is 60.2 Å². The van der Waals surface area contributed by atoms with Gasteiger partial charge in [-0.1, -0.05) is 5.16 Å². The summed E-state index contributed by atoms with van der Waals surface area (Å²) in [5, 5.41) is 3.89. The van der Waals surface area contributed by atoms with Gasteiger partial charge in [0.2, 0.25) is 0 Å². The standard InChI is InChI=1S/C9H10NO.C5H5.Fe/c1-7-6-9(11-10-7)8-4-2-3-5-8;1-2-4-5-3-1;/h2-5,9H,6H2,1H3;1-5H;/q2*-1;+2. The fourth-order valence-electron chi connectivity index (χ4n) is 1.60. The maximum Gasteiger partial charge on any atom is 2.00 e. The van der Waals surface area contributed by atoms with Gasteiger partial charge in [-0.25, -0.2) is 24.3 Å². The molecule has 1 aliphatic rings. The van der Waals surface area contributed by atoms with Gasteiger partial charge >= 0.3 is 17.1 Å². The number of nitrogens with zero attached hydrogens (tertiary/aromatic N) is 1. The Labute approximate surface area is 112 Å². The van der Waals surface area contributed by atoms with Crippen LogP contribution < -0.4 is 0 Å². The Morgan fingerprint density at radius 1 is 1.24 bits per heavy atom. The fourth-order valence-corrected chi connectivity index (χ4v) is 1.60. The predicted molar refractivity (Wildman–Crippen MR) is 65.6 cm³/mol. The van der Waals surface area contributed by atoms with E-state index in [1.165, 1.54) is 5.56 Å². The van der Waals surface area contributed by atoms with Gasteiger partial charge in [0.05, 0.1) is 5.71 Å². The van der Waals surface area contributed by atoms with E-state index in [0.29, 0.717) is 0 Å². The first-order chi connectivity index (χ1) is 7.86. The van der Waals surface area contributed by atoms with Crippen molar-refractivity contribution < 1.29 is 21.9 Å². The number of hydrogen-bond acceptors (Lipinski definition) is 2. The summed E-state index contributed by atoms with van der Waals surface area (Å²) in [7, 11) is 0. The van der Waals surface area contributed by atoms with Gasteiger partial charge < -0.3 is 4.84 Å². The van der Waals surface area contributed by atoms with Gasteiger partial charge in [0.1, 0.15) is 6.10 Å².